The van der Waals surface area contributed by atoms with Crippen molar-refractivity contribution in [2.75, 3.05) is 20.1 Å². The lowest BCUT2D eigenvalue weighted by atomic mass is 9.90. The Kier molecular flexibility index (Phi) is 4.69. The van der Waals surface area contributed by atoms with Crippen molar-refractivity contribution in [3.05, 3.63) is 34.6 Å². The molecule has 3 unspecified atom stereocenters. The van der Waals surface area contributed by atoms with Gasteiger partial charge < -0.3 is 14.9 Å². The molecule has 8 heteroatoms. The van der Waals surface area contributed by atoms with Crippen LogP contribution in [0.1, 0.15) is 31.4 Å². The highest BCUT2D eigenvalue weighted by molar-refractivity contribution is 6.30. The van der Waals surface area contributed by atoms with Crippen molar-refractivity contribution in [1.29, 1.82) is 0 Å². The van der Waals surface area contributed by atoms with E-state index in [4.69, 9.17) is 11.6 Å². The summed E-state index contributed by atoms with van der Waals surface area (Å²) in [6.07, 6.45) is 0.384. The van der Waals surface area contributed by atoms with Crippen LogP contribution >= 0.6 is 11.6 Å². The molecular formula is C18H20ClFN2O4. The maximum Gasteiger partial charge on any atom is 0.311 e. The minimum atomic E-state index is -0.980. The summed E-state index contributed by atoms with van der Waals surface area (Å²) in [5.74, 6) is -2.70. The number of amides is 2. The fourth-order valence-electron chi connectivity index (χ4n) is 3.80. The Bertz CT molecular complexity index is 786. The minimum Gasteiger partial charge on any atom is -0.481 e. The predicted molar refractivity (Wildman–Crippen MR) is 92.0 cm³/mol. The number of carbonyl (C=O) groups excluding carboxylic acids is 2. The zero-order valence-electron chi connectivity index (χ0n) is 14.5. The van der Waals surface area contributed by atoms with Crippen LogP contribution in [0.5, 0.6) is 0 Å². The van der Waals surface area contributed by atoms with Gasteiger partial charge in [-0.25, -0.2) is 4.39 Å². The third-order valence-corrected chi connectivity index (χ3v) is 5.80. The molecule has 2 heterocycles. The Hall–Kier alpha value is -2.15. The lowest BCUT2D eigenvalue weighted by Gasteiger charge is -2.28. The summed E-state index contributed by atoms with van der Waals surface area (Å²) < 4.78 is 13.9. The number of carboxylic acid groups (broad SMARTS) is 1. The number of hydrogen-bond donors (Lipinski definition) is 1. The van der Waals surface area contributed by atoms with E-state index >= 15 is 0 Å². The van der Waals surface area contributed by atoms with Crippen molar-refractivity contribution in [1.82, 2.24) is 9.80 Å². The fourth-order valence-corrected chi connectivity index (χ4v) is 3.92. The summed E-state index contributed by atoms with van der Waals surface area (Å²) in [5.41, 5.74) is -0.481. The lowest BCUT2D eigenvalue weighted by Crippen LogP contribution is -2.39. The number of aliphatic carboxylic acids is 1. The monoisotopic (exact) mass is 382 g/mol. The standard InChI is InChI=1S/C18H20ClFN2O4/c1-18(17(25)26)5-6-22(9-18)16(24)11-8-14(23)21(2)15(11)10-3-4-12(19)13(20)7-10/h3-4,7,11,15H,5-6,8-9H2,1-2H3,(H,25,26). The van der Waals surface area contributed by atoms with Crippen molar-refractivity contribution < 1.29 is 23.9 Å². The summed E-state index contributed by atoms with van der Waals surface area (Å²) in [7, 11) is 1.58. The highest BCUT2D eigenvalue weighted by atomic mass is 35.5. The van der Waals surface area contributed by atoms with Crippen LogP contribution in [0, 0.1) is 17.2 Å². The topological polar surface area (TPSA) is 77.9 Å². The van der Waals surface area contributed by atoms with Crippen LogP contribution in [0.15, 0.2) is 18.2 Å². The molecule has 1 aromatic carbocycles. The molecule has 6 nitrogen and oxygen atoms in total. The van der Waals surface area contributed by atoms with Gasteiger partial charge in [0.15, 0.2) is 0 Å². The van der Waals surface area contributed by atoms with Gasteiger partial charge in [0.2, 0.25) is 11.8 Å². The van der Waals surface area contributed by atoms with Gasteiger partial charge in [-0.2, -0.15) is 0 Å². The van der Waals surface area contributed by atoms with Gasteiger partial charge >= 0.3 is 5.97 Å². The molecule has 0 bridgehead atoms. The van der Waals surface area contributed by atoms with E-state index in [1.54, 1.807) is 20.0 Å². The van der Waals surface area contributed by atoms with E-state index in [2.05, 4.69) is 0 Å². The van der Waals surface area contributed by atoms with Crippen LogP contribution in [0.2, 0.25) is 5.02 Å². The van der Waals surface area contributed by atoms with Gasteiger partial charge in [0.05, 0.1) is 22.4 Å². The van der Waals surface area contributed by atoms with Crippen LogP contribution in [-0.4, -0.2) is 52.8 Å². The molecule has 2 aliphatic heterocycles. The zero-order valence-corrected chi connectivity index (χ0v) is 15.3. The zero-order chi connectivity index (χ0) is 19.2. The second-order valence-electron chi connectivity index (χ2n) is 7.31. The third kappa shape index (κ3) is 3.05. The molecule has 26 heavy (non-hydrogen) atoms. The molecule has 3 rings (SSSR count). The average Bonchev–Trinajstić information content (AvgIpc) is 3.12. The number of halogens is 2. The van der Waals surface area contributed by atoms with E-state index in [0.29, 0.717) is 18.5 Å². The summed E-state index contributed by atoms with van der Waals surface area (Å²) >= 11 is 5.73. The van der Waals surface area contributed by atoms with Crippen LogP contribution in [0.3, 0.4) is 0 Å². The maximum absolute atomic E-state index is 13.9. The molecule has 0 aromatic heterocycles. The Morgan fingerprint density at radius 2 is 2.08 bits per heavy atom. The van der Waals surface area contributed by atoms with Crippen LogP contribution in [0.25, 0.3) is 0 Å². The second kappa shape index (κ2) is 6.54. The summed E-state index contributed by atoms with van der Waals surface area (Å²) in [4.78, 5) is 39.6. The van der Waals surface area contributed by atoms with Gasteiger partial charge in [-0.3, -0.25) is 14.4 Å². The van der Waals surface area contributed by atoms with Crippen LogP contribution < -0.4 is 0 Å². The molecule has 0 saturated carbocycles. The number of benzene rings is 1. The van der Waals surface area contributed by atoms with E-state index in [9.17, 15) is 23.9 Å². The van der Waals surface area contributed by atoms with E-state index in [0.717, 1.165) is 0 Å². The van der Waals surface area contributed by atoms with E-state index in [1.165, 1.54) is 21.9 Å². The first-order valence-electron chi connectivity index (χ1n) is 8.37. The Morgan fingerprint density at radius 1 is 1.38 bits per heavy atom. The summed E-state index contributed by atoms with van der Waals surface area (Å²) in [5, 5.41) is 9.33. The van der Waals surface area contributed by atoms with Crippen LogP contribution in [-0.2, 0) is 14.4 Å². The Morgan fingerprint density at radius 3 is 2.65 bits per heavy atom. The molecule has 2 aliphatic rings. The van der Waals surface area contributed by atoms with Crippen LogP contribution in [0.4, 0.5) is 4.39 Å². The van der Waals surface area contributed by atoms with Gasteiger partial charge in [-0.15, -0.1) is 0 Å². The number of nitrogens with zero attached hydrogens (tertiary/aromatic N) is 2. The number of carboxylic acids is 1. The molecule has 0 aliphatic carbocycles. The summed E-state index contributed by atoms with van der Waals surface area (Å²) in [6, 6.07) is 3.66. The van der Waals surface area contributed by atoms with E-state index in [-0.39, 0.29) is 29.8 Å². The molecular weight excluding hydrogens is 363 g/mol. The van der Waals surface area contributed by atoms with Crippen molar-refractivity contribution in [2.45, 2.75) is 25.8 Å². The highest BCUT2D eigenvalue weighted by Gasteiger charge is 2.48. The molecule has 140 valence electrons. The molecule has 2 saturated heterocycles. The maximum atomic E-state index is 13.9. The highest BCUT2D eigenvalue weighted by Crippen LogP contribution is 2.40. The van der Waals surface area contributed by atoms with Crippen molar-refractivity contribution >= 4 is 29.4 Å². The number of likely N-dealkylation sites (tertiary alicyclic amines) is 2. The third-order valence-electron chi connectivity index (χ3n) is 5.49. The van der Waals surface area contributed by atoms with Crippen molar-refractivity contribution in [3.63, 3.8) is 0 Å². The Balaban J connectivity index is 1.87. The number of carbonyl (C=O) groups is 3. The van der Waals surface area contributed by atoms with Gasteiger partial charge in [0.1, 0.15) is 5.82 Å². The molecule has 2 fully saturated rings. The largest absolute Gasteiger partial charge is 0.481 e. The SMILES string of the molecule is CN1C(=O)CC(C(=O)N2CCC(C)(C(=O)O)C2)C1c1ccc(Cl)c(F)c1. The predicted octanol–water partition coefficient (Wildman–Crippen LogP) is 2.32. The van der Waals surface area contributed by atoms with Gasteiger partial charge in [0, 0.05) is 26.6 Å². The van der Waals surface area contributed by atoms with Gasteiger partial charge in [-0.1, -0.05) is 17.7 Å². The van der Waals surface area contributed by atoms with Gasteiger partial charge in [-0.05, 0) is 31.0 Å². The number of hydrogen-bond acceptors (Lipinski definition) is 3. The van der Waals surface area contributed by atoms with Crippen molar-refractivity contribution in [2.24, 2.45) is 11.3 Å². The lowest BCUT2D eigenvalue weighted by molar-refractivity contribution is -0.147. The smallest absolute Gasteiger partial charge is 0.311 e. The fraction of sp³-hybridized carbons (Fsp3) is 0.500. The normalized spacial score (nSPS) is 28.7. The molecule has 0 radical (unpaired) electrons. The van der Waals surface area contributed by atoms with Crippen molar-refractivity contribution in [3.8, 4) is 0 Å². The summed E-state index contributed by atoms with van der Waals surface area (Å²) in [6.45, 7) is 2.05. The van der Waals surface area contributed by atoms with Gasteiger partial charge in [0.25, 0.3) is 0 Å². The first-order valence-corrected chi connectivity index (χ1v) is 8.74. The first kappa shape index (κ1) is 18.6. The molecule has 0 spiro atoms. The Labute approximate surface area is 155 Å². The molecule has 1 N–H and O–H groups in total. The molecule has 3 atom stereocenters. The molecule has 1 aromatic rings. The second-order valence-corrected chi connectivity index (χ2v) is 7.72. The van der Waals surface area contributed by atoms with E-state index < -0.39 is 29.2 Å². The molecule has 2 amide bonds. The van der Waals surface area contributed by atoms with E-state index in [1.807, 2.05) is 0 Å². The minimum absolute atomic E-state index is 0.0184. The average molecular weight is 383 g/mol. The number of rotatable bonds is 3. The quantitative estimate of drug-likeness (QED) is 0.870. The first-order chi connectivity index (χ1) is 12.1.